The Morgan fingerprint density at radius 3 is 2.74 bits per heavy atom. The number of ether oxygens (including phenoxy) is 1. The number of nitrogens with zero attached hydrogens (tertiary/aromatic N) is 1. The smallest absolute Gasteiger partial charge is 0.434 e. The number of cyclic esters (lactones) is 1. The van der Waals surface area contributed by atoms with E-state index in [0.717, 1.165) is 11.4 Å². The van der Waals surface area contributed by atoms with Crippen LogP contribution in [-0.2, 0) is 15.7 Å². The molecule has 3 rings (SSSR count). The van der Waals surface area contributed by atoms with Crippen molar-refractivity contribution < 1.29 is 31.9 Å². The molecule has 0 aliphatic carbocycles. The van der Waals surface area contributed by atoms with Crippen molar-refractivity contribution in [3.63, 3.8) is 0 Å². The number of halogens is 5. The summed E-state index contributed by atoms with van der Waals surface area (Å²) < 4.78 is 56.8. The van der Waals surface area contributed by atoms with E-state index in [2.05, 4.69) is 15.6 Å². The quantitative estimate of drug-likeness (QED) is 0.740. The Morgan fingerprint density at radius 1 is 1.44 bits per heavy atom. The number of carbonyl (C=O) groups is 2. The van der Waals surface area contributed by atoms with Crippen LogP contribution in [0.3, 0.4) is 0 Å². The van der Waals surface area contributed by atoms with Crippen molar-refractivity contribution in [2.45, 2.75) is 18.3 Å². The molecule has 1 aromatic heterocycles. The third-order valence-corrected chi connectivity index (χ3v) is 4.79. The van der Waals surface area contributed by atoms with Crippen molar-refractivity contribution in [1.29, 1.82) is 0 Å². The van der Waals surface area contributed by atoms with Crippen LogP contribution in [0.25, 0.3) is 0 Å². The number of thiazole rings is 1. The van der Waals surface area contributed by atoms with Crippen LogP contribution in [0, 0.1) is 5.82 Å². The van der Waals surface area contributed by atoms with E-state index in [9.17, 15) is 27.2 Å². The topological polar surface area (TPSA) is 80.3 Å². The van der Waals surface area contributed by atoms with Crippen LogP contribution in [0.5, 0.6) is 0 Å². The van der Waals surface area contributed by atoms with E-state index in [0.29, 0.717) is 11.3 Å². The highest BCUT2D eigenvalue weighted by Crippen LogP contribution is 2.34. The van der Waals surface area contributed by atoms with Crippen molar-refractivity contribution >= 4 is 34.9 Å². The van der Waals surface area contributed by atoms with Gasteiger partial charge in [-0.15, -0.1) is 11.3 Å². The Labute approximate surface area is 158 Å². The van der Waals surface area contributed by atoms with Gasteiger partial charge in [-0.1, -0.05) is 17.7 Å². The molecule has 12 heteroatoms. The lowest BCUT2D eigenvalue weighted by molar-refractivity contribution is -0.137. The summed E-state index contributed by atoms with van der Waals surface area (Å²) in [5.41, 5.74) is 0.103. The number of hydrogen-bond acceptors (Lipinski definition) is 5. The lowest BCUT2D eigenvalue weighted by atomic mass is 10.0. The molecule has 1 aromatic carbocycles. The summed E-state index contributed by atoms with van der Waals surface area (Å²) in [7, 11) is 0. The standard InChI is InChI=1S/C15H10ClF4N3O3S/c16-7-3-6(1-2-8(7)17)11(9-5-27-13(22-9)15(18,19)20)23-12(24)10-4-21-14(25)26-10/h1-3,5,10-11H,4H2,(H,21,25)(H,23,24)/t10-,11+/m0/s1. The Bertz CT molecular complexity index is 889. The normalized spacial score (nSPS) is 18.0. The van der Waals surface area contributed by atoms with Gasteiger partial charge in [0, 0.05) is 5.38 Å². The molecular formula is C15H10ClF4N3O3S. The minimum atomic E-state index is -4.65. The Hall–Kier alpha value is -2.40. The number of benzene rings is 1. The fourth-order valence-corrected chi connectivity index (χ4v) is 3.24. The zero-order chi connectivity index (χ0) is 19.8. The highest BCUT2D eigenvalue weighted by Gasteiger charge is 2.37. The van der Waals surface area contributed by atoms with Gasteiger partial charge in [0.15, 0.2) is 11.1 Å². The molecule has 2 amide bonds. The summed E-state index contributed by atoms with van der Waals surface area (Å²) in [6.07, 6.45) is -6.59. The SMILES string of the molecule is O=C1NC[C@@H](C(=O)N[C@H](c2ccc(F)c(Cl)c2)c2csc(C(F)(F)F)n2)O1. The van der Waals surface area contributed by atoms with Crippen LogP contribution in [0.1, 0.15) is 22.3 Å². The first kappa shape index (κ1) is 19.4. The Balaban J connectivity index is 1.93. The third-order valence-electron chi connectivity index (χ3n) is 3.60. The number of alkyl carbamates (subject to hydrolysis) is 1. The van der Waals surface area contributed by atoms with Crippen LogP contribution in [0.2, 0.25) is 5.02 Å². The summed E-state index contributed by atoms with van der Waals surface area (Å²) in [5, 5.41) is 4.51. The lowest BCUT2D eigenvalue weighted by Crippen LogP contribution is -2.39. The number of rotatable bonds is 4. The number of nitrogens with one attached hydrogen (secondary N) is 2. The van der Waals surface area contributed by atoms with E-state index < -0.39 is 41.1 Å². The van der Waals surface area contributed by atoms with Gasteiger partial charge in [0.05, 0.1) is 23.3 Å². The van der Waals surface area contributed by atoms with Crippen LogP contribution in [0.15, 0.2) is 23.6 Å². The average molecular weight is 424 g/mol. The molecule has 1 saturated heterocycles. The molecule has 0 radical (unpaired) electrons. The molecule has 2 atom stereocenters. The van der Waals surface area contributed by atoms with Gasteiger partial charge in [-0.25, -0.2) is 14.2 Å². The molecule has 2 aromatic rings. The second-order valence-corrected chi connectivity index (χ2v) is 6.73. The van der Waals surface area contributed by atoms with Crippen LogP contribution < -0.4 is 10.6 Å². The maximum Gasteiger partial charge on any atom is 0.443 e. The van der Waals surface area contributed by atoms with E-state index in [1.807, 2.05) is 0 Å². The van der Waals surface area contributed by atoms with E-state index in [-0.39, 0.29) is 22.8 Å². The summed E-state index contributed by atoms with van der Waals surface area (Å²) in [5.74, 6) is -1.48. The van der Waals surface area contributed by atoms with Crippen molar-refractivity contribution in [2.75, 3.05) is 6.54 Å². The molecule has 6 nitrogen and oxygen atoms in total. The predicted octanol–water partition coefficient (Wildman–Crippen LogP) is 3.27. The lowest BCUT2D eigenvalue weighted by Gasteiger charge is -2.19. The number of carbonyl (C=O) groups excluding carboxylic acids is 2. The summed E-state index contributed by atoms with van der Waals surface area (Å²) in [4.78, 5) is 26.9. The number of hydrogen-bond donors (Lipinski definition) is 2. The molecule has 1 aliphatic heterocycles. The highest BCUT2D eigenvalue weighted by molar-refractivity contribution is 7.09. The minimum Gasteiger partial charge on any atom is -0.434 e. The van der Waals surface area contributed by atoms with Crippen molar-refractivity contribution in [3.8, 4) is 0 Å². The molecule has 0 unspecified atom stereocenters. The molecule has 2 N–H and O–H groups in total. The van der Waals surface area contributed by atoms with Crippen LogP contribution in [-0.4, -0.2) is 29.6 Å². The number of alkyl halides is 3. The summed E-state index contributed by atoms with van der Waals surface area (Å²) in [6.45, 7) is -0.0908. The molecule has 144 valence electrons. The largest absolute Gasteiger partial charge is 0.443 e. The molecule has 2 heterocycles. The second kappa shape index (κ2) is 7.31. The van der Waals surface area contributed by atoms with E-state index in [1.54, 1.807) is 0 Å². The molecule has 1 aliphatic rings. The average Bonchev–Trinajstić information content (AvgIpc) is 3.24. The number of aromatic nitrogens is 1. The van der Waals surface area contributed by atoms with E-state index in [4.69, 9.17) is 16.3 Å². The Morgan fingerprint density at radius 2 is 2.19 bits per heavy atom. The zero-order valence-electron chi connectivity index (χ0n) is 13.1. The second-order valence-electron chi connectivity index (χ2n) is 5.47. The Kier molecular flexibility index (Phi) is 5.24. The van der Waals surface area contributed by atoms with Gasteiger partial charge < -0.3 is 15.4 Å². The maximum absolute atomic E-state index is 13.4. The zero-order valence-corrected chi connectivity index (χ0v) is 14.7. The molecule has 0 bridgehead atoms. The molecular weight excluding hydrogens is 414 g/mol. The number of amides is 2. The van der Waals surface area contributed by atoms with Crippen molar-refractivity contribution in [2.24, 2.45) is 0 Å². The van der Waals surface area contributed by atoms with Gasteiger partial charge in [-0.05, 0) is 17.7 Å². The van der Waals surface area contributed by atoms with Crippen molar-refractivity contribution in [3.05, 3.63) is 50.7 Å². The van der Waals surface area contributed by atoms with E-state index in [1.165, 1.54) is 12.1 Å². The third kappa shape index (κ3) is 4.30. The van der Waals surface area contributed by atoms with Crippen molar-refractivity contribution in [1.82, 2.24) is 15.6 Å². The van der Waals surface area contributed by atoms with Crippen LogP contribution >= 0.6 is 22.9 Å². The minimum absolute atomic E-state index is 0.0908. The predicted molar refractivity (Wildman–Crippen MR) is 86.8 cm³/mol. The molecule has 0 saturated carbocycles. The van der Waals surface area contributed by atoms with E-state index >= 15 is 0 Å². The first-order valence-electron chi connectivity index (χ1n) is 7.37. The van der Waals surface area contributed by atoms with Gasteiger partial charge in [0.25, 0.3) is 5.91 Å². The van der Waals surface area contributed by atoms with Crippen LogP contribution in [0.4, 0.5) is 22.4 Å². The summed E-state index contributed by atoms with van der Waals surface area (Å²) >= 11 is 6.10. The molecule has 27 heavy (non-hydrogen) atoms. The van der Waals surface area contributed by atoms with Gasteiger partial charge in [0.2, 0.25) is 0 Å². The molecule has 0 spiro atoms. The highest BCUT2D eigenvalue weighted by atomic mass is 35.5. The fourth-order valence-electron chi connectivity index (χ4n) is 2.34. The molecule has 1 fully saturated rings. The summed E-state index contributed by atoms with van der Waals surface area (Å²) in [6, 6.07) is 2.30. The van der Waals surface area contributed by atoms with Gasteiger partial charge in [-0.3, -0.25) is 4.79 Å². The monoisotopic (exact) mass is 423 g/mol. The maximum atomic E-state index is 13.4. The van der Waals surface area contributed by atoms with Gasteiger partial charge in [-0.2, -0.15) is 13.2 Å². The first-order chi connectivity index (χ1) is 12.6. The fraction of sp³-hybridized carbons (Fsp3) is 0.267. The van der Waals surface area contributed by atoms with Gasteiger partial charge >= 0.3 is 12.3 Å². The van der Waals surface area contributed by atoms with Gasteiger partial charge in [0.1, 0.15) is 5.82 Å². The first-order valence-corrected chi connectivity index (χ1v) is 8.63.